The van der Waals surface area contributed by atoms with Crippen molar-refractivity contribution in [1.82, 2.24) is 0 Å². The van der Waals surface area contributed by atoms with Gasteiger partial charge in [-0.15, -0.1) is 0 Å². The van der Waals surface area contributed by atoms with Gasteiger partial charge in [0.2, 0.25) is 0 Å². The fourth-order valence-corrected chi connectivity index (χ4v) is 5.66. The summed E-state index contributed by atoms with van der Waals surface area (Å²) in [4.78, 5) is 0. The molecule has 46 heavy (non-hydrogen) atoms. The highest BCUT2D eigenvalue weighted by Crippen LogP contribution is 2.41. The van der Waals surface area contributed by atoms with E-state index < -0.39 is 6.10 Å². The monoisotopic (exact) mass is 634 g/mol. The van der Waals surface area contributed by atoms with Gasteiger partial charge in [0.1, 0.15) is 55.4 Å². The molecule has 0 radical (unpaired) electrons. The van der Waals surface area contributed by atoms with Crippen LogP contribution in [-0.2, 0) is 14.2 Å². The third-order valence-electron chi connectivity index (χ3n) is 8.62. The molecule has 3 heterocycles. The number of hydrogen-bond donors (Lipinski definition) is 1. The highest BCUT2D eigenvalue weighted by atomic mass is 16.6. The lowest BCUT2D eigenvalue weighted by atomic mass is 9.91. The molecule has 0 amide bonds. The predicted octanol–water partition coefficient (Wildman–Crippen LogP) is 7.54. The molecule has 7 nitrogen and oxygen atoms in total. The quantitative estimate of drug-likeness (QED) is 0.231. The maximum atomic E-state index is 9.73. The van der Waals surface area contributed by atoms with E-state index in [-0.39, 0.29) is 6.61 Å². The van der Waals surface area contributed by atoms with Crippen LogP contribution in [0.15, 0.2) is 48.5 Å². The van der Waals surface area contributed by atoms with Crippen LogP contribution in [0.4, 0.5) is 0 Å². The Labute approximate surface area is 276 Å². The molecule has 252 valence electrons. The molecule has 7 heteroatoms. The first kappa shape index (κ1) is 35.7. The molecule has 3 aliphatic rings. The molecule has 0 aromatic heterocycles. The number of fused-ring (bicyclic) bond motifs is 3. The minimum atomic E-state index is -0.581. The minimum Gasteiger partial charge on any atom is -0.491 e. The van der Waals surface area contributed by atoms with Crippen LogP contribution >= 0.6 is 0 Å². The van der Waals surface area contributed by atoms with Crippen molar-refractivity contribution in [2.24, 2.45) is 0 Å². The van der Waals surface area contributed by atoms with Gasteiger partial charge >= 0.3 is 0 Å². The van der Waals surface area contributed by atoms with Gasteiger partial charge in [0.15, 0.2) is 0 Å². The van der Waals surface area contributed by atoms with Crippen molar-refractivity contribution in [3.63, 3.8) is 0 Å². The van der Waals surface area contributed by atoms with Crippen LogP contribution in [-0.4, -0.2) is 69.2 Å². The summed E-state index contributed by atoms with van der Waals surface area (Å²) in [5, 5.41) is 9.73. The first-order valence-electron chi connectivity index (χ1n) is 16.7. The average Bonchev–Trinajstić information content (AvgIpc) is 3.96. The van der Waals surface area contributed by atoms with Gasteiger partial charge in [-0.3, -0.25) is 0 Å². The highest BCUT2D eigenvalue weighted by Gasteiger charge is 2.45. The number of aliphatic hydroxyl groups excluding tert-OH is 1. The topological polar surface area (TPSA) is 82.2 Å². The van der Waals surface area contributed by atoms with Crippen molar-refractivity contribution in [2.75, 3.05) is 39.6 Å². The van der Waals surface area contributed by atoms with Crippen LogP contribution < -0.4 is 14.2 Å². The smallest absolute Gasteiger partial charge is 0.122 e. The zero-order chi connectivity index (χ0) is 33.4. The molecule has 2 fully saturated rings. The summed E-state index contributed by atoms with van der Waals surface area (Å²) in [6.45, 7) is 22.3. The second-order valence-electron chi connectivity index (χ2n) is 13.0. The first-order valence-corrected chi connectivity index (χ1v) is 16.7. The first-order chi connectivity index (χ1) is 22.0. The fourth-order valence-electron chi connectivity index (χ4n) is 5.66. The van der Waals surface area contributed by atoms with E-state index in [4.69, 9.17) is 28.4 Å². The average molecular weight is 635 g/mol. The Bertz CT molecular complexity index is 1410. The number of aliphatic hydroxyl groups is 1. The van der Waals surface area contributed by atoms with E-state index in [1.165, 1.54) is 33.4 Å². The molecule has 5 unspecified atom stereocenters. The van der Waals surface area contributed by atoms with E-state index in [1.54, 1.807) is 0 Å². The lowest BCUT2D eigenvalue weighted by Crippen LogP contribution is -2.23. The molecule has 3 aromatic rings. The summed E-state index contributed by atoms with van der Waals surface area (Å²) in [5.74, 6) is 3.83. The van der Waals surface area contributed by atoms with Crippen LogP contribution in [0.25, 0.3) is 0 Å². The van der Waals surface area contributed by atoms with E-state index >= 15 is 0 Å². The number of benzene rings is 3. The highest BCUT2D eigenvalue weighted by molar-refractivity contribution is 5.44. The van der Waals surface area contributed by atoms with Gasteiger partial charge in [-0.25, -0.2) is 0 Å². The third kappa shape index (κ3) is 10.2. The van der Waals surface area contributed by atoms with Gasteiger partial charge in [0.05, 0.1) is 19.3 Å². The largest absolute Gasteiger partial charge is 0.491 e. The van der Waals surface area contributed by atoms with Gasteiger partial charge in [-0.05, 0) is 105 Å². The molecule has 2 saturated heterocycles. The van der Waals surface area contributed by atoms with E-state index in [0.29, 0.717) is 56.6 Å². The van der Waals surface area contributed by atoms with Crippen LogP contribution in [0.3, 0.4) is 0 Å². The maximum absolute atomic E-state index is 9.73. The summed E-state index contributed by atoms with van der Waals surface area (Å²) in [5.41, 5.74) is 8.70. The Balaban J connectivity index is 0.000000160. The van der Waals surface area contributed by atoms with Crippen molar-refractivity contribution in [1.29, 1.82) is 0 Å². The van der Waals surface area contributed by atoms with Gasteiger partial charge in [0, 0.05) is 12.5 Å². The maximum Gasteiger partial charge on any atom is 0.122 e. The normalized spacial score (nSPS) is 21.2. The van der Waals surface area contributed by atoms with Gasteiger partial charge in [-0.1, -0.05) is 51.1 Å². The third-order valence-corrected chi connectivity index (χ3v) is 8.62. The second-order valence-corrected chi connectivity index (χ2v) is 13.0. The Hall–Kier alpha value is -3.10. The van der Waals surface area contributed by atoms with Gasteiger partial charge in [-0.2, -0.15) is 0 Å². The molecule has 0 spiro atoms. The van der Waals surface area contributed by atoms with Crippen LogP contribution in [0.5, 0.6) is 17.2 Å². The van der Waals surface area contributed by atoms with Gasteiger partial charge < -0.3 is 33.5 Å². The Morgan fingerprint density at radius 1 is 0.870 bits per heavy atom. The van der Waals surface area contributed by atoms with E-state index in [1.807, 2.05) is 19.1 Å². The van der Waals surface area contributed by atoms with Crippen molar-refractivity contribution < 1.29 is 33.5 Å². The Morgan fingerprint density at radius 2 is 1.61 bits per heavy atom. The second kappa shape index (κ2) is 16.6. The van der Waals surface area contributed by atoms with E-state index in [2.05, 4.69) is 91.8 Å². The van der Waals surface area contributed by atoms with Crippen LogP contribution in [0, 0.1) is 34.6 Å². The predicted molar refractivity (Wildman–Crippen MR) is 183 cm³/mol. The van der Waals surface area contributed by atoms with Crippen molar-refractivity contribution >= 4 is 0 Å². The minimum absolute atomic E-state index is 0.266. The summed E-state index contributed by atoms with van der Waals surface area (Å²) < 4.78 is 32.9. The van der Waals surface area contributed by atoms with Crippen LogP contribution in [0.2, 0.25) is 0 Å². The standard InChI is InChI=1S/C16H26O3.C12H14O2.C11H14O2/c1-6-18-9-14(17)10-19-16-8-12(4)7-15(11(2)3)13(16)5;1-7-9-4-3-5-10(7)13-6-11-12(14-11)8(9)2;1-8-3-4-9(2)11(5-8)13-7-10-6-12-10/h7-8,11,14,17H,6,9-10H2,1-5H3;3-5,8,11-12H,6H2,1-2H3;3-5,10H,6-7H2,1-2H3. The molecule has 6 rings (SSSR count). The lowest BCUT2D eigenvalue weighted by Gasteiger charge is -2.18. The molecule has 0 aliphatic carbocycles. The zero-order valence-electron chi connectivity index (χ0n) is 29.2. The van der Waals surface area contributed by atoms with E-state index in [9.17, 15) is 5.11 Å². The molecule has 5 atom stereocenters. The van der Waals surface area contributed by atoms with Crippen molar-refractivity contribution in [2.45, 2.75) is 98.6 Å². The summed E-state index contributed by atoms with van der Waals surface area (Å²) >= 11 is 0. The molecule has 3 aliphatic heterocycles. The number of hydrogen-bond acceptors (Lipinski definition) is 7. The van der Waals surface area contributed by atoms with Crippen molar-refractivity contribution in [3.05, 3.63) is 87.5 Å². The zero-order valence-corrected chi connectivity index (χ0v) is 29.2. The number of epoxide rings is 2. The number of aryl methyl sites for hydroxylation is 3. The van der Waals surface area contributed by atoms with Crippen molar-refractivity contribution in [3.8, 4) is 17.2 Å². The van der Waals surface area contributed by atoms with Crippen LogP contribution in [0.1, 0.15) is 78.5 Å². The number of rotatable bonds is 10. The molecule has 2 bridgehead atoms. The molecule has 3 aromatic carbocycles. The van der Waals surface area contributed by atoms with E-state index in [0.717, 1.165) is 29.4 Å². The lowest BCUT2D eigenvalue weighted by molar-refractivity contribution is 0.0163. The summed E-state index contributed by atoms with van der Waals surface area (Å²) in [7, 11) is 0. The molecule has 1 N–H and O–H groups in total. The molecular formula is C39H54O7. The molecular weight excluding hydrogens is 580 g/mol. The SMILES string of the molecule is CCOCC(O)COc1cc(C)cc(C(C)C)c1C.Cc1c2cccc1C(C)C1OC1CO2.Cc1ccc(C)c(OCC2CO2)c1. The number of ether oxygens (including phenoxy) is 6. The summed E-state index contributed by atoms with van der Waals surface area (Å²) in [6, 6.07) is 16.7. The Kier molecular flexibility index (Phi) is 12.9. The Morgan fingerprint density at radius 3 is 2.30 bits per heavy atom. The fraction of sp³-hybridized carbons (Fsp3) is 0.538. The molecule has 0 saturated carbocycles. The van der Waals surface area contributed by atoms with Gasteiger partial charge in [0.25, 0.3) is 0 Å². The summed E-state index contributed by atoms with van der Waals surface area (Å²) in [6.07, 6.45) is 0.453.